The molecular formula is C17H15NO4. The van der Waals surface area contributed by atoms with E-state index in [2.05, 4.69) is 4.98 Å². The van der Waals surface area contributed by atoms with Gasteiger partial charge in [-0.1, -0.05) is 30.3 Å². The van der Waals surface area contributed by atoms with Crippen LogP contribution in [0.25, 0.3) is 10.9 Å². The van der Waals surface area contributed by atoms with Crippen molar-refractivity contribution >= 4 is 10.9 Å². The highest BCUT2D eigenvalue weighted by atomic mass is 16.5. The van der Waals surface area contributed by atoms with Gasteiger partial charge in [0.25, 0.3) is 0 Å². The van der Waals surface area contributed by atoms with Gasteiger partial charge in [0.2, 0.25) is 5.89 Å². The third-order valence-corrected chi connectivity index (χ3v) is 3.38. The van der Waals surface area contributed by atoms with Gasteiger partial charge in [0.15, 0.2) is 11.5 Å². The van der Waals surface area contributed by atoms with Crippen molar-refractivity contribution in [2.75, 3.05) is 14.2 Å². The predicted octanol–water partition coefficient (Wildman–Crippen LogP) is 2.80. The lowest BCUT2D eigenvalue weighted by atomic mass is 10.1. The zero-order valence-electron chi connectivity index (χ0n) is 12.3. The van der Waals surface area contributed by atoms with E-state index in [9.17, 15) is 4.79 Å². The largest absolute Gasteiger partial charge is 0.493 e. The number of methoxy groups -OCH3 is 2. The number of hydrogen-bond donors (Lipinski definition) is 0. The second-order valence-electron chi connectivity index (χ2n) is 4.78. The molecule has 0 fully saturated rings. The summed E-state index contributed by atoms with van der Waals surface area (Å²) in [7, 11) is 3.06. The van der Waals surface area contributed by atoms with Crippen molar-refractivity contribution in [3.63, 3.8) is 0 Å². The summed E-state index contributed by atoms with van der Waals surface area (Å²) >= 11 is 0. The van der Waals surface area contributed by atoms with Crippen molar-refractivity contribution in [1.29, 1.82) is 0 Å². The summed E-state index contributed by atoms with van der Waals surface area (Å²) in [6, 6.07) is 13.0. The van der Waals surface area contributed by atoms with E-state index < -0.39 is 5.63 Å². The summed E-state index contributed by atoms with van der Waals surface area (Å²) in [6.07, 6.45) is 0.459. The van der Waals surface area contributed by atoms with Gasteiger partial charge < -0.3 is 13.9 Å². The third kappa shape index (κ3) is 2.65. The molecule has 5 nitrogen and oxygen atoms in total. The van der Waals surface area contributed by atoms with Gasteiger partial charge in [-0.15, -0.1) is 0 Å². The Morgan fingerprint density at radius 2 is 1.73 bits per heavy atom. The maximum atomic E-state index is 12.2. The first-order chi connectivity index (χ1) is 10.7. The Balaban J connectivity index is 2.09. The number of benzene rings is 2. The number of fused-ring (bicyclic) bond motifs is 1. The highest BCUT2D eigenvalue weighted by molar-refractivity contribution is 5.81. The van der Waals surface area contributed by atoms with E-state index in [-0.39, 0.29) is 0 Å². The fourth-order valence-electron chi connectivity index (χ4n) is 2.29. The molecule has 3 rings (SSSR count). The van der Waals surface area contributed by atoms with Gasteiger partial charge in [0.1, 0.15) is 0 Å². The Morgan fingerprint density at radius 1 is 1.05 bits per heavy atom. The van der Waals surface area contributed by atoms with E-state index in [0.717, 1.165) is 5.56 Å². The third-order valence-electron chi connectivity index (χ3n) is 3.38. The molecule has 0 amide bonds. The van der Waals surface area contributed by atoms with Crippen molar-refractivity contribution in [3.05, 3.63) is 64.3 Å². The molecule has 0 aliphatic rings. The predicted molar refractivity (Wildman–Crippen MR) is 82.6 cm³/mol. The van der Waals surface area contributed by atoms with Gasteiger partial charge in [0.05, 0.1) is 25.1 Å². The summed E-state index contributed by atoms with van der Waals surface area (Å²) in [4.78, 5) is 16.6. The standard InChI is InChI=1S/C17H15NO4/c1-20-14-9-12-13(10-15(14)21-2)18-16(22-17(12)19)8-11-6-4-3-5-7-11/h3-7,9-10H,8H2,1-2H3. The van der Waals surface area contributed by atoms with E-state index in [0.29, 0.717) is 34.7 Å². The lowest BCUT2D eigenvalue weighted by Gasteiger charge is -2.08. The Labute approximate surface area is 127 Å². The molecule has 0 saturated heterocycles. The molecule has 0 spiro atoms. The summed E-state index contributed by atoms with van der Waals surface area (Å²) in [5.41, 5.74) is 1.12. The lowest BCUT2D eigenvalue weighted by molar-refractivity contribution is 0.355. The molecule has 1 aromatic heterocycles. The highest BCUT2D eigenvalue weighted by Crippen LogP contribution is 2.30. The molecule has 22 heavy (non-hydrogen) atoms. The van der Waals surface area contributed by atoms with Crippen molar-refractivity contribution in [1.82, 2.24) is 4.98 Å². The van der Waals surface area contributed by atoms with E-state index in [1.54, 1.807) is 19.2 Å². The van der Waals surface area contributed by atoms with Crippen LogP contribution in [0.3, 0.4) is 0 Å². The van der Waals surface area contributed by atoms with Gasteiger partial charge >= 0.3 is 5.63 Å². The first kappa shape index (κ1) is 14.1. The van der Waals surface area contributed by atoms with E-state index in [4.69, 9.17) is 13.9 Å². The van der Waals surface area contributed by atoms with Crippen LogP contribution in [-0.2, 0) is 6.42 Å². The van der Waals surface area contributed by atoms with Crippen LogP contribution in [-0.4, -0.2) is 19.2 Å². The molecule has 112 valence electrons. The Morgan fingerprint density at radius 3 is 2.41 bits per heavy atom. The second kappa shape index (κ2) is 5.89. The van der Waals surface area contributed by atoms with Crippen molar-refractivity contribution in [2.45, 2.75) is 6.42 Å². The summed E-state index contributed by atoms with van der Waals surface area (Å²) in [5, 5.41) is 0.370. The number of hydrogen-bond acceptors (Lipinski definition) is 5. The first-order valence-corrected chi connectivity index (χ1v) is 6.81. The molecule has 5 heteroatoms. The van der Waals surface area contributed by atoms with Gasteiger partial charge in [-0.05, 0) is 5.56 Å². The lowest BCUT2D eigenvalue weighted by Crippen LogP contribution is -2.06. The molecule has 0 N–H and O–H groups in total. The van der Waals surface area contributed by atoms with E-state index in [1.165, 1.54) is 7.11 Å². The molecule has 0 unspecified atom stereocenters. The highest BCUT2D eigenvalue weighted by Gasteiger charge is 2.12. The maximum Gasteiger partial charge on any atom is 0.346 e. The molecule has 0 bridgehead atoms. The minimum atomic E-state index is -0.433. The topological polar surface area (TPSA) is 61.6 Å². The van der Waals surface area contributed by atoms with Crippen molar-refractivity contribution < 1.29 is 13.9 Å². The number of aromatic nitrogens is 1. The summed E-state index contributed by atoms with van der Waals surface area (Å²) in [6.45, 7) is 0. The zero-order chi connectivity index (χ0) is 15.5. The minimum Gasteiger partial charge on any atom is -0.493 e. The van der Waals surface area contributed by atoms with E-state index in [1.807, 2.05) is 30.3 Å². The fourth-order valence-corrected chi connectivity index (χ4v) is 2.29. The molecule has 0 radical (unpaired) electrons. The van der Waals surface area contributed by atoms with Crippen LogP contribution in [0.5, 0.6) is 11.5 Å². The summed E-state index contributed by atoms with van der Waals surface area (Å²) < 4.78 is 15.7. The van der Waals surface area contributed by atoms with Crippen LogP contribution >= 0.6 is 0 Å². The number of ether oxygens (including phenoxy) is 2. The van der Waals surface area contributed by atoms with Crippen LogP contribution in [0.1, 0.15) is 11.5 Å². The van der Waals surface area contributed by atoms with Crippen LogP contribution < -0.4 is 15.1 Å². The smallest absolute Gasteiger partial charge is 0.346 e. The molecule has 0 aliphatic heterocycles. The molecule has 3 aromatic rings. The van der Waals surface area contributed by atoms with Crippen LogP contribution in [0, 0.1) is 0 Å². The van der Waals surface area contributed by atoms with Crippen LogP contribution in [0.2, 0.25) is 0 Å². The van der Waals surface area contributed by atoms with E-state index >= 15 is 0 Å². The van der Waals surface area contributed by atoms with Crippen molar-refractivity contribution in [2.24, 2.45) is 0 Å². The van der Waals surface area contributed by atoms with Gasteiger partial charge in [-0.2, -0.15) is 0 Å². The Kier molecular flexibility index (Phi) is 3.78. The van der Waals surface area contributed by atoms with Crippen molar-refractivity contribution in [3.8, 4) is 11.5 Å². The molecular weight excluding hydrogens is 282 g/mol. The number of rotatable bonds is 4. The summed E-state index contributed by atoms with van der Waals surface area (Å²) in [5.74, 6) is 1.37. The van der Waals surface area contributed by atoms with Crippen LogP contribution in [0.15, 0.2) is 51.7 Å². The molecule has 0 saturated carbocycles. The van der Waals surface area contributed by atoms with Crippen LogP contribution in [0.4, 0.5) is 0 Å². The zero-order valence-corrected chi connectivity index (χ0v) is 12.3. The average molecular weight is 297 g/mol. The molecule has 2 aromatic carbocycles. The van der Waals surface area contributed by atoms with Gasteiger partial charge in [0, 0.05) is 18.6 Å². The fraction of sp³-hybridized carbons (Fsp3) is 0.176. The quantitative estimate of drug-likeness (QED) is 0.741. The second-order valence-corrected chi connectivity index (χ2v) is 4.78. The maximum absolute atomic E-state index is 12.2. The molecule has 0 aliphatic carbocycles. The minimum absolute atomic E-state index is 0.370. The first-order valence-electron chi connectivity index (χ1n) is 6.81. The Hall–Kier alpha value is -2.82. The number of nitrogens with zero attached hydrogens (tertiary/aromatic N) is 1. The monoisotopic (exact) mass is 297 g/mol. The molecule has 0 atom stereocenters. The normalized spacial score (nSPS) is 10.6. The van der Waals surface area contributed by atoms with Gasteiger partial charge in [-0.3, -0.25) is 0 Å². The Bertz CT molecular complexity index is 856. The molecule has 1 heterocycles. The SMILES string of the molecule is COc1cc2nc(Cc3ccccc3)oc(=O)c2cc1OC. The van der Waals surface area contributed by atoms with Gasteiger partial charge in [-0.25, -0.2) is 9.78 Å². The average Bonchev–Trinajstić information content (AvgIpc) is 2.54.